The summed E-state index contributed by atoms with van der Waals surface area (Å²) in [4.78, 5) is 4.58. The smallest absolute Gasteiger partial charge is 0.305 e. The topological polar surface area (TPSA) is 12.9 Å². The molecule has 149 valence electrons. The van der Waals surface area contributed by atoms with Gasteiger partial charge in [0, 0.05) is 26.3 Å². The average molecular weight is 593 g/mol. The Balaban J connectivity index is 0.00000193. The minimum Gasteiger partial charge on any atom is -0.305 e. The van der Waals surface area contributed by atoms with E-state index in [0.717, 1.165) is 43.6 Å². The Morgan fingerprint density at radius 1 is 0.767 bits per heavy atom. The van der Waals surface area contributed by atoms with Crippen LogP contribution in [0.4, 0.5) is 13.2 Å². The van der Waals surface area contributed by atoms with Gasteiger partial charge in [-0.25, -0.2) is 0 Å². The van der Waals surface area contributed by atoms with E-state index in [2.05, 4.69) is 35.3 Å². The van der Waals surface area contributed by atoms with Gasteiger partial charge in [-0.05, 0) is 38.8 Å². The molecule has 4 aromatic rings. The maximum absolute atomic E-state index is 13.6. The number of pyridine rings is 1. The summed E-state index contributed by atoms with van der Waals surface area (Å²) < 4.78 is 40.9. The zero-order valence-corrected chi connectivity index (χ0v) is 18.8. The predicted molar refractivity (Wildman–Crippen MR) is 110 cm³/mol. The second-order valence-corrected chi connectivity index (χ2v) is 11.1. The molecule has 30 heavy (non-hydrogen) atoms. The standard InChI is InChI=1S/C24H13F3NSi.Ir/c25-24(26,27)15-11-12-18-22(14-15)29(21-10-5-13-28-23(18)21)19-8-3-1-6-16(19)17-7-2-4-9-20(17)29;/h1-11,13-14H;/q-1;. The number of nitrogens with zero attached hydrogens (tertiary/aromatic N) is 1. The monoisotopic (exact) mass is 593 g/mol. The number of alkyl halides is 3. The molecule has 0 N–H and O–H groups in total. The van der Waals surface area contributed by atoms with Gasteiger partial charge in [-0.3, -0.25) is 0 Å². The van der Waals surface area contributed by atoms with E-state index in [1.165, 1.54) is 6.07 Å². The number of halogens is 3. The van der Waals surface area contributed by atoms with Crippen LogP contribution in [0, 0.1) is 6.07 Å². The predicted octanol–water partition coefficient (Wildman–Crippen LogP) is 3.24. The van der Waals surface area contributed by atoms with Crippen molar-refractivity contribution in [3.8, 4) is 22.4 Å². The molecule has 0 aliphatic carbocycles. The summed E-state index contributed by atoms with van der Waals surface area (Å²) >= 11 is 0. The van der Waals surface area contributed by atoms with Crippen molar-refractivity contribution in [1.29, 1.82) is 0 Å². The summed E-state index contributed by atoms with van der Waals surface area (Å²) in [5, 5.41) is 4.03. The molecule has 6 heteroatoms. The molecule has 6 rings (SSSR count). The van der Waals surface area contributed by atoms with Crippen molar-refractivity contribution in [3.63, 3.8) is 0 Å². The Bertz CT molecular complexity index is 1250. The first-order valence-corrected chi connectivity index (χ1v) is 11.3. The third kappa shape index (κ3) is 2.30. The quantitative estimate of drug-likeness (QED) is 0.195. The van der Waals surface area contributed by atoms with Crippen molar-refractivity contribution < 1.29 is 33.3 Å². The number of fused-ring (bicyclic) bond motifs is 10. The second-order valence-electron chi connectivity index (χ2n) is 7.42. The van der Waals surface area contributed by atoms with Gasteiger partial charge < -0.3 is 4.98 Å². The Labute approximate surface area is 186 Å². The van der Waals surface area contributed by atoms with Crippen molar-refractivity contribution in [3.05, 3.63) is 90.6 Å². The van der Waals surface area contributed by atoms with Crippen molar-refractivity contribution in [2.75, 3.05) is 0 Å². The van der Waals surface area contributed by atoms with Crippen LogP contribution in [0.5, 0.6) is 0 Å². The Morgan fingerprint density at radius 3 is 2.00 bits per heavy atom. The van der Waals surface area contributed by atoms with Gasteiger partial charge in [0.1, 0.15) is 8.07 Å². The van der Waals surface area contributed by atoms with Crippen LogP contribution in [-0.2, 0) is 26.3 Å². The van der Waals surface area contributed by atoms with E-state index in [4.69, 9.17) is 0 Å². The third-order valence-corrected chi connectivity index (χ3v) is 11.0. The van der Waals surface area contributed by atoms with Crippen LogP contribution in [0.2, 0.25) is 0 Å². The van der Waals surface area contributed by atoms with Gasteiger partial charge in [-0.1, -0.05) is 59.8 Å². The largest absolute Gasteiger partial charge is 0.381 e. The van der Waals surface area contributed by atoms with Crippen LogP contribution in [0.1, 0.15) is 5.56 Å². The summed E-state index contributed by atoms with van der Waals surface area (Å²) in [5.74, 6) is 0. The summed E-state index contributed by atoms with van der Waals surface area (Å²) in [5.41, 5.74) is 3.02. The maximum Gasteiger partial charge on any atom is 0.381 e. The summed E-state index contributed by atoms with van der Waals surface area (Å²) in [6.45, 7) is 0. The normalized spacial score (nSPS) is 14.5. The van der Waals surface area contributed by atoms with E-state index >= 15 is 0 Å². The zero-order valence-electron chi connectivity index (χ0n) is 15.4. The van der Waals surface area contributed by atoms with E-state index in [0.29, 0.717) is 5.56 Å². The molecule has 0 unspecified atom stereocenters. The number of aromatic nitrogens is 1. The first-order chi connectivity index (χ1) is 14.0. The molecule has 2 aliphatic heterocycles. The van der Waals surface area contributed by atoms with Gasteiger partial charge in [0.2, 0.25) is 0 Å². The Kier molecular flexibility index (Phi) is 4.20. The zero-order chi connectivity index (χ0) is 19.8. The van der Waals surface area contributed by atoms with E-state index in [1.54, 1.807) is 6.20 Å². The molecular formula is C24H13F3IrNSi-. The molecule has 3 heterocycles. The minimum absolute atomic E-state index is 0. The van der Waals surface area contributed by atoms with Crippen LogP contribution in [0.25, 0.3) is 22.4 Å². The number of benzene rings is 3. The third-order valence-electron chi connectivity index (χ3n) is 6.07. The van der Waals surface area contributed by atoms with Crippen LogP contribution >= 0.6 is 0 Å². The molecule has 1 radical (unpaired) electrons. The van der Waals surface area contributed by atoms with E-state index < -0.39 is 19.8 Å². The molecule has 3 aromatic carbocycles. The molecule has 0 atom stereocenters. The molecule has 0 saturated heterocycles. The SMILES string of the molecule is FC(F)(F)c1c[c-]c2c(c1)[Si]1(c3ccccc3-c3ccccc31)c1cccnc1-2.[Ir]. The van der Waals surface area contributed by atoms with Crippen molar-refractivity contribution in [2.24, 2.45) is 0 Å². The Hall–Kier alpha value is -2.53. The van der Waals surface area contributed by atoms with Gasteiger partial charge in [0.15, 0.2) is 0 Å². The fraction of sp³-hybridized carbons (Fsp3) is 0.0417. The summed E-state index contributed by atoms with van der Waals surface area (Å²) in [7, 11) is -2.86. The Morgan fingerprint density at radius 2 is 1.37 bits per heavy atom. The second kappa shape index (κ2) is 6.48. The van der Waals surface area contributed by atoms with Gasteiger partial charge in [-0.2, -0.15) is 13.2 Å². The molecule has 1 nitrogen and oxygen atoms in total. The van der Waals surface area contributed by atoms with Gasteiger partial charge in [0.05, 0.1) is 0 Å². The van der Waals surface area contributed by atoms with Crippen LogP contribution in [-0.4, -0.2) is 13.1 Å². The fourth-order valence-corrected chi connectivity index (χ4v) is 10.5. The minimum atomic E-state index is -4.42. The maximum atomic E-state index is 13.6. The van der Waals surface area contributed by atoms with Gasteiger partial charge >= 0.3 is 6.18 Å². The number of hydrogen-bond acceptors (Lipinski definition) is 1. The number of rotatable bonds is 0. The van der Waals surface area contributed by atoms with Crippen molar-refractivity contribution in [2.45, 2.75) is 6.18 Å². The average Bonchev–Trinajstić information content (AvgIpc) is 3.20. The van der Waals surface area contributed by atoms with E-state index in [1.807, 2.05) is 36.4 Å². The summed E-state index contributed by atoms with van der Waals surface area (Å²) in [6, 6.07) is 25.5. The first kappa shape index (κ1) is 19.4. The molecular weight excluding hydrogens is 580 g/mol. The van der Waals surface area contributed by atoms with E-state index in [9.17, 15) is 13.2 Å². The summed E-state index contributed by atoms with van der Waals surface area (Å²) in [6.07, 6.45) is -2.71. The molecule has 2 aliphatic rings. The van der Waals surface area contributed by atoms with Crippen LogP contribution in [0.3, 0.4) is 0 Å². The van der Waals surface area contributed by atoms with Crippen molar-refractivity contribution >= 4 is 28.8 Å². The molecule has 0 amide bonds. The van der Waals surface area contributed by atoms with Gasteiger partial charge in [-0.15, -0.1) is 28.9 Å². The van der Waals surface area contributed by atoms with E-state index in [-0.39, 0.29) is 20.1 Å². The fourth-order valence-electron chi connectivity index (χ4n) is 5.02. The van der Waals surface area contributed by atoms with Crippen LogP contribution < -0.4 is 20.7 Å². The molecule has 1 aromatic heterocycles. The number of hydrogen-bond donors (Lipinski definition) is 0. The first-order valence-electron chi connectivity index (χ1n) is 9.31. The molecule has 0 fully saturated rings. The van der Waals surface area contributed by atoms with Crippen molar-refractivity contribution in [1.82, 2.24) is 4.98 Å². The molecule has 1 spiro atoms. The van der Waals surface area contributed by atoms with Gasteiger partial charge in [0.25, 0.3) is 0 Å². The molecule has 0 bridgehead atoms. The van der Waals surface area contributed by atoms with Crippen LogP contribution in [0.15, 0.2) is 79.0 Å². The molecule has 0 saturated carbocycles.